The monoisotopic (exact) mass is 350 g/mol. The smallest absolute Gasteiger partial charge is 0.119 e. The Morgan fingerprint density at radius 1 is 0.920 bits per heavy atom. The number of rotatable bonds is 6. The quantitative estimate of drug-likeness (QED) is 0.458. The molecule has 3 nitrogen and oxygen atoms in total. The van der Waals surface area contributed by atoms with Gasteiger partial charge in [0.2, 0.25) is 0 Å². The highest BCUT2D eigenvalue weighted by Crippen LogP contribution is 2.15. The molecule has 0 fully saturated rings. The van der Waals surface area contributed by atoms with Crippen molar-refractivity contribution in [2.75, 3.05) is 5.43 Å². The van der Waals surface area contributed by atoms with Gasteiger partial charge < -0.3 is 4.74 Å². The Morgan fingerprint density at radius 2 is 1.60 bits per heavy atom. The first-order chi connectivity index (χ1) is 12.2. The molecule has 0 atom stereocenters. The Balaban J connectivity index is 1.52. The van der Waals surface area contributed by atoms with Crippen molar-refractivity contribution < 1.29 is 4.74 Å². The van der Waals surface area contributed by atoms with Crippen LogP contribution in [0.15, 0.2) is 77.9 Å². The maximum atomic E-state index is 5.85. The van der Waals surface area contributed by atoms with Crippen LogP contribution in [0, 0.1) is 6.92 Å². The van der Waals surface area contributed by atoms with Gasteiger partial charge in [-0.15, -0.1) is 0 Å². The lowest BCUT2D eigenvalue weighted by atomic mass is 10.2. The Labute approximate surface area is 152 Å². The van der Waals surface area contributed by atoms with Crippen LogP contribution in [0.25, 0.3) is 0 Å². The van der Waals surface area contributed by atoms with Crippen LogP contribution < -0.4 is 10.2 Å². The van der Waals surface area contributed by atoms with Crippen molar-refractivity contribution in [3.05, 3.63) is 94.5 Å². The molecule has 0 aromatic heterocycles. The summed E-state index contributed by atoms with van der Waals surface area (Å²) in [6.45, 7) is 2.64. The van der Waals surface area contributed by atoms with Gasteiger partial charge in [0, 0.05) is 5.02 Å². The number of benzene rings is 3. The molecule has 0 saturated heterocycles. The van der Waals surface area contributed by atoms with Gasteiger partial charge in [-0.2, -0.15) is 5.10 Å². The van der Waals surface area contributed by atoms with E-state index in [0.717, 1.165) is 22.6 Å². The second-order valence-corrected chi connectivity index (χ2v) is 6.16. The van der Waals surface area contributed by atoms with E-state index in [-0.39, 0.29) is 0 Å². The molecule has 3 rings (SSSR count). The predicted octanol–water partition coefficient (Wildman–Crippen LogP) is 5.67. The Kier molecular flexibility index (Phi) is 5.70. The first-order valence-corrected chi connectivity index (χ1v) is 8.40. The van der Waals surface area contributed by atoms with Gasteiger partial charge in [-0.1, -0.05) is 41.4 Å². The van der Waals surface area contributed by atoms with Gasteiger partial charge in [0.05, 0.1) is 11.9 Å². The van der Waals surface area contributed by atoms with Crippen molar-refractivity contribution in [3.63, 3.8) is 0 Å². The van der Waals surface area contributed by atoms with E-state index in [1.165, 1.54) is 5.56 Å². The zero-order valence-corrected chi connectivity index (χ0v) is 14.7. The second-order valence-electron chi connectivity index (χ2n) is 5.72. The van der Waals surface area contributed by atoms with Crippen molar-refractivity contribution in [2.24, 2.45) is 5.10 Å². The number of nitrogens with zero attached hydrogens (tertiary/aromatic N) is 1. The molecule has 126 valence electrons. The Bertz CT molecular complexity index is 825. The first kappa shape index (κ1) is 17.1. The van der Waals surface area contributed by atoms with E-state index in [1.54, 1.807) is 6.21 Å². The molecule has 3 aromatic carbocycles. The third-order valence-corrected chi connectivity index (χ3v) is 3.91. The van der Waals surface area contributed by atoms with Crippen molar-refractivity contribution in [2.45, 2.75) is 13.5 Å². The standard InChI is InChI=1S/C21H19ClN2O/c1-16-2-4-18(5-3-16)15-25-21-12-6-17(7-13-21)14-23-24-20-10-8-19(22)9-11-20/h2-14,24H,15H2,1H3. The summed E-state index contributed by atoms with van der Waals surface area (Å²) in [5, 5.41) is 4.92. The molecule has 0 radical (unpaired) electrons. The van der Waals surface area contributed by atoms with Crippen LogP contribution >= 0.6 is 11.6 Å². The van der Waals surface area contributed by atoms with Gasteiger partial charge in [-0.3, -0.25) is 5.43 Å². The van der Waals surface area contributed by atoms with Crippen LogP contribution in [0.2, 0.25) is 5.02 Å². The van der Waals surface area contributed by atoms with Gasteiger partial charge in [0.15, 0.2) is 0 Å². The molecular weight excluding hydrogens is 332 g/mol. The fourth-order valence-corrected chi connectivity index (χ4v) is 2.33. The van der Waals surface area contributed by atoms with Crippen LogP contribution in [0.3, 0.4) is 0 Å². The lowest BCUT2D eigenvalue weighted by Crippen LogP contribution is -1.95. The van der Waals surface area contributed by atoms with Crippen molar-refractivity contribution in [1.29, 1.82) is 0 Å². The third kappa shape index (κ3) is 5.37. The fraction of sp³-hybridized carbons (Fsp3) is 0.0952. The van der Waals surface area contributed by atoms with Crippen LogP contribution in [0.5, 0.6) is 5.75 Å². The summed E-state index contributed by atoms with van der Waals surface area (Å²) in [5.41, 5.74) is 7.25. The summed E-state index contributed by atoms with van der Waals surface area (Å²) in [4.78, 5) is 0. The van der Waals surface area contributed by atoms with E-state index < -0.39 is 0 Å². The summed E-state index contributed by atoms with van der Waals surface area (Å²) in [5.74, 6) is 0.836. The summed E-state index contributed by atoms with van der Waals surface area (Å²) in [6.07, 6.45) is 1.76. The van der Waals surface area contributed by atoms with Crippen LogP contribution in [0.4, 0.5) is 5.69 Å². The molecule has 0 aliphatic heterocycles. The Morgan fingerprint density at radius 3 is 2.28 bits per heavy atom. The number of anilines is 1. The number of aryl methyl sites for hydroxylation is 1. The van der Waals surface area contributed by atoms with Gasteiger partial charge >= 0.3 is 0 Å². The summed E-state index contributed by atoms with van der Waals surface area (Å²) < 4.78 is 5.80. The maximum absolute atomic E-state index is 5.85. The van der Waals surface area contributed by atoms with E-state index >= 15 is 0 Å². The molecule has 0 amide bonds. The van der Waals surface area contributed by atoms with E-state index in [9.17, 15) is 0 Å². The number of hydrogen-bond donors (Lipinski definition) is 1. The highest BCUT2D eigenvalue weighted by atomic mass is 35.5. The van der Waals surface area contributed by atoms with Gasteiger partial charge in [-0.25, -0.2) is 0 Å². The van der Waals surface area contributed by atoms with Gasteiger partial charge in [-0.05, 0) is 66.6 Å². The summed E-state index contributed by atoms with van der Waals surface area (Å²) >= 11 is 5.85. The molecule has 0 unspecified atom stereocenters. The maximum Gasteiger partial charge on any atom is 0.119 e. The molecule has 0 aliphatic rings. The molecule has 1 N–H and O–H groups in total. The molecule has 0 heterocycles. The van der Waals surface area contributed by atoms with Crippen LogP contribution in [-0.2, 0) is 6.61 Å². The highest BCUT2D eigenvalue weighted by molar-refractivity contribution is 6.30. The SMILES string of the molecule is Cc1ccc(COc2ccc(C=NNc3ccc(Cl)cc3)cc2)cc1. The van der Waals surface area contributed by atoms with Crippen molar-refractivity contribution in [3.8, 4) is 5.75 Å². The van der Waals surface area contributed by atoms with Gasteiger partial charge in [0.25, 0.3) is 0 Å². The van der Waals surface area contributed by atoms with Crippen LogP contribution in [-0.4, -0.2) is 6.21 Å². The minimum atomic E-state index is 0.561. The number of nitrogens with one attached hydrogen (secondary N) is 1. The molecule has 4 heteroatoms. The molecule has 0 spiro atoms. The van der Waals surface area contributed by atoms with E-state index in [0.29, 0.717) is 11.6 Å². The molecular formula is C21H19ClN2O. The normalized spacial score (nSPS) is 10.8. The number of halogens is 1. The molecule has 0 bridgehead atoms. The lowest BCUT2D eigenvalue weighted by molar-refractivity contribution is 0.306. The van der Waals surface area contributed by atoms with E-state index in [4.69, 9.17) is 16.3 Å². The van der Waals surface area contributed by atoms with E-state index in [2.05, 4.69) is 41.7 Å². The topological polar surface area (TPSA) is 33.6 Å². The average molecular weight is 351 g/mol. The lowest BCUT2D eigenvalue weighted by Gasteiger charge is -2.07. The zero-order valence-electron chi connectivity index (χ0n) is 13.9. The van der Waals surface area contributed by atoms with Crippen LogP contribution in [0.1, 0.15) is 16.7 Å². The highest BCUT2D eigenvalue weighted by Gasteiger charge is 1.97. The van der Waals surface area contributed by atoms with Crippen molar-refractivity contribution in [1.82, 2.24) is 0 Å². The number of ether oxygens (including phenoxy) is 1. The summed E-state index contributed by atoms with van der Waals surface area (Å²) in [6, 6.07) is 23.6. The average Bonchev–Trinajstić information content (AvgIpc) is 2.64. The minimum absolute atomic E-state index is 0.561. The fourth-order valence-electron chi connectivity index (χ4n) is 2.21. The van der Waals surface area contributed by atoms with Crippen molar-refractivity contribution >= 4 is 23.5 Å². The summed E-state index contributed by atoms with van der Waals surface area (Å²) in [7, 11) is 0. The number of hydrazone groups is 1. The zero-order chi connectivity index (χ0) is 17.5. The Hall–Kier alpha value is -2.78. The van der Waals surface area contributed by atoms with E-state index in [1.807, 2.05) is 48.5 Å². The molecule has 0 aliphatic carbocycles. The second kappa shape index (κ2) is 8.36. The molecule has 3 aromatic rings. The molecule has 0 saturated carbocycles. The molecule has 25 heavy (non-hydrogen) atoms. The largest absolute Gasteiger partial charge is 0.489 e. The van der Waals surface area contributed by atoms with Gasteiger partial charge in [0.1, 0.15) is 12.4 Å². The first-order valence-electron chi connectivity index (χ1n) is 8.02. The predicted molar refractivity (Wildman–Crippen MR) is 105 cm³/mol. The minimum Gasteiger partial charge on any atom is -0.489 e. The third-order valence-electron chi connectivity index (χ3n) is 3.66. The number of hydrogen-bond acceptors (Lipinski definition) is 3.